The summed E-state index contributed by atoms with van der Waals surface area (Å²) in [5.41, 5.74) is -0.874. The van der Waals surface area contributed by atoms with Gasteiger partial charge in [-0.05, 0) is 68.4 Å². The van der Waals surface area contributed by atoms with Gasteiger partial charge in [-0.25, -0.2) is 21.9 Å². The van der Waals surface area contributed by atoms with Gasteiger partial charge in [0.05, 0.1) is 11.8 Å². The van der Waals surface area contributed by atoms with Crippen LogP contribution < -0.4 is 9.46 Å². The fourth-order valence-electron chi connectivity index (χ4n) is 5.41. The largest absolute Gasteiger partial charge is 0.489 e. The number of sulfonamides is 1. The van der Waals surface area contributed by atoms with E-state index in [1.807, 2.05) is 0 Å². The highest BCUT2D eigenvalue weighted by Crippen LogP contribution is 2.58. The Balaban J connectivity index is 1.55. The molecule has 8 heteroatoms. The van der Waals surface area contributed by atoms with Gasteiger partial charge in [0.2, 0.25) is 10.0 Å². The van der Waals surface area contributed by atoms with Crippen LogP contribution in [0.25, 0.3) is 0 Å². The molecular weight excluding hydrogens is 376 g/mol. The smallest absolute Gasteiger partial charge is 0.267 e. The van der Waals surface area contributed by atoms with Gasteiger partial charge >= 0.3 is 0 Å². The van der Waals surface area contributed by atoms with Crippen LogP contribution in [0, 0.1) is 30.5 Å². The van der Waals surface area contributed by atoms with E-state index in [1.165, 1.54) is 6.07 Å². The zero-order valence-electron chi connectivity index (χ0n) is 15.3. The summed E-state index contributed by atoms with van der Waals surface area (Å²) in [5.74, 6) is -0.837. The van der Waals surface area contributed by atoms with E-state index in [1.54, 1.807) is 11.6 Å². The van der Waals surface area contributed by atoms with Crippen molar-refractivity contribution in [2.45, 2.75) is 50.8 Å². The van der Waals surface area contributed by atoms with E-state index < -0.39 is 27.4 Å². The Morgan fingerprint density at radius 1 is 1.22 bits per heavy atom. The predicted octanol–water partition coefficient (Wildman–Crippen LogP) is 3.12. The van der Waals surface area contributed by atoms with Gasteiger partial charge in [-0.1, -0.05) is 0 Å². The maximum Gasteiger partial charge on any atom is 0.267 e. The van der Waals surface area contributed by atoms with Crippen LogP contribution in [0.1, 0.15) is 48.0 Å². The molecule has 0 saturated heterocycles. The number of benzene rings is 1. The number of carbonyl (C=O) groups excluding carboxylic acids is 1. The van der Waals surface area contributed by atoms with Crippen molar-refractivity contribution in [2.24, 2.45) is 17.8 Å². The van der Waals surface area contributed by atoms with E-state index in [0.717, 1.165) is 25.2 Å². The highest BCUT2D eigenvalue weighted by molar-refractivity contribution is 7.89. The summed E-state index contributed by atoms with van der Waals surface area (Å²) in [6.07, 6.45) is 4.25. The van der Waals surface area contributed by atoms with Crippen LogP contribution in [-0.2, 0) is 10.0 Å². The third-order valence-electron chi connectivity index (χ3n) is 6.16. The summed E-state index contributed by atoms with van der Waals surface area (Å²) in [4.78, 5) is 12.0. The molecule has 4 aliphatic rings. The fourth-order valence-corrected chi connectivity index (χ4v) is 5.85. The molecule has 1 aromatic carbocycles. The highest BCUT2D eigenvalue weighted by atomic mass is 32.2. The van der Waals surface area contributed by atoms with Gasteiger partial charge < -0.3 is 4.74 Å². The monoisotopic (exact) mass is 399 g/mol. The summed E-state index contributed by atoms with van der Waals surface area (Å²) < 4.78 is 59.5. The lowest BCUT2D eigenvalue weighted by Gasteiger charge is -2.56. The Hall–Kier alpha value is -1.70. The lowest BCUT2D eigenvalue weighted by molar-refractivity contribution is -0.134. The van der Waals surface area contributed by atoms with Gasteiger partial charge in [-0.3, -0.25) is 4.79 Å². The first-order chi connectivity index (χ1) is 12.5. The standard InChI is InChI=1S/C19H23F2NO4S/c1-10-3-14(18(23)22-27(2,24)25)15(20)6-16(10)26-17-12-4-11-5-13(17)9-19(21,7-11)8-12/h3,6,11-13,17H,4-5,7-9H2,1-2H3,(H,22,23)/t11?,12-,13+,17?,19?. The van der Waals surface area contributed by atoms with Crippen molar-refractivity contribution < 1.29 is 26.7 Å². The summed E-state index contributed by atoms with van der Waals surface area (Å²) in [6.45, 7) is 1.68. The molecule has 0 radical (unpaired) electrons. The van der Waals surface area contributed by atoms with Gasteiger partial charge in [0, 0.05) is 6.07 Å². The number of hydrogen-bond donors (Lipinski definition) is 1. The molecule has 5 rings (SSSR count). The van der Waals surface area contributed by atoms with E-state index in [2.05, 4.69) is 0 Å². The van der Waals surface area contributed by atoms with Crippen molar-refractivity contribution in [1.29, 1.82) is 0 Å². The van der Waals surface area contributed by atoms with Crippen molar-refractivity contribution in [1.82, 2.24) is 4.72 Å². The van der Waals surface area contributed by atoms with Crippen LogP contribution in [0.2, 0.25) is 0 Å². The number of halogens is 2. The maximum atomic E-state index is 14.8. The Morgan fingerprint density at radius 3 is 2.41 bits per heavy atom. The quantitative estimate of drug-likeness (QED) is 0.844. The highest BCUT2D eigenvalue weighted by Gasteiger charge is 2.57. The van der Waals surface area contributed by atoms with Crippen molar-refractivity contribution in [3.63, 3.8) is 0 Å². The van der Waals surface area contributed by atoms with Crippen LogP contribution in [0.15, 0.2) is 12.1 Å². The topological polar surface area (TPSA) is 72.5 Å². The molecule has 4 aliphatic carbocycles. The number of nitrogens with one attached hydrogen (secondary N) is 1. The third kappa shape index (κ3) is 3.56. The lowest BCUT2D eigenvalue weighted by Crippen LogP contribution is -2.56. The SMILES string of the molecule is Cc1cc(C(=O)NS(C)(=O)=O)c(F)cc1OC1[C@@H]2CC3C[C@H]1CC(F)(C3)C2. The molecule has 4 fully saturated rings. The van der Waals surface area contributed by atoms with E-state index in [-0.39, 0.29) is 23.5 Å². The second kappa shape index (κ2) is 6.15. The number of ether oxygens (including phenoxy) is 1. The van der Waals surface area contributed by atoms with Crippen molar-refractivity contribution >= 4 is 15.9 Å². The molecule has 5 atom stereocenters. The van der Waals surface area contributed by atoms with Crippen LogP contribution in [0.5, 0.6) is 5.75 Å². The van der Waals surface area contributed by atoms with Gasteiger partial charge in [-0.2, -0.15) is 0 Å². The van der Waals surface area contributed by atoms with E-state index in [4.69, 9.17) is 4.74 Å². The van der Waals surface area contributed by atoms with Crippen LogP contribution in [0.3, 0.4) is 0 Å². The summed E-state index contributed by atoms with van der Waals surface area (Å²) >= 11 is 0. The molecule has 0 heterocycles. The zero-order chi connectivity index (χ0) is 19.6. The molecule has 1 aromatic rings. The fraction of sp³-hybridized carbons (Fsp3) is 0.632. The first-order valence-corrected chi connectivity index (χ1v) is 11.1. The first-order valence-electron chi connectivity index (χ1n) is 9.21. The molecule has 1 amide bonds. The van der Waals surface area contributed by atoms with Crippen LogP contribution >= 0.6 is 0 Å². The predicted molar refractivity (Wildman–Crippen MR) is 95.3 cm³/mol. The molecule has 1 N–H and O–H groups in total. The molecule has 0 aliphatic heterocycles. The molecule has 5 nitrogen and oxygen atoms in total. The Morgan fingerprint density at radius 2 is 1.85 bits per heavy atom. The second-order valence-corrected chi connectivity index (χ2v) is 10.3. The van der Waals surface area contributed by atoms with Gasteiger partial charge in [0.25, 0.3) is 5.91 Å². The average Bonchev–Trinajstić information content (AvgIpc) is 2.50. The molecule has 0 aromatic heterocycles. The molecule has 3 unspecified atom stereocenters. The minimum atomic E-state index is -3.78. The Kier molecular flexibility index (Phi) is 4.25. The lowest BCUT2D eigenvalue weighted by atomic mass is 9.53. The van der Waals surface area contributed by atoms with Crippen LogP contribution in [-0.4, -0.2) is 32.4 Å². The molecule has 4 bridgehead atoms. The van der Waals surface area contributed by atoms with E-state index >= 15 is 0 Å². The first kappa shape index (κ1) is 18.7. The summed E-state index contributed by atoms with van der Waals surface area (Å²) in [7, 11) is -3.78. The third-order valence-corrected chi connectivity index (χ3v) is 6.72. The minimum absolute atomic E-state index is 0.136. The number of alkyl halides is 1. The number of hydrogen-bond acceptors (Lipinski definition) is 4. The average molecular weight is 399 g/mol. The molecular formula is C19H23F2NO4S. The van der Waals surface area contributed by atoms with Gasteiger partial charge in [0.15, 0.2) is 0 Å². The molecule has 148 valence electrons. The number of amides is 1. The van der Waals surface area contributed by atoms with Gasteiger partial charge in [0.1, 0.15) is 23.3 Å². The van der Waals surface area contributed by atoms with Crippen molar-refractivity contribution in [2.75, 3.05) is 6.26 Å². The summed E-state index contributed by atoms with van der Waals surface area (Å²) in [6, 6.07) is 2.42. The van der Waals surface area contributed by atoms with Crippen molar-refractivity contribution in [3.05, 3.63) is 29.1 Å². The Labute approximate surface area is 157 Å². The van der Waals surface area contributed by atoms with Gasteiger partial charge in [-0.15, -0.1) is 0 Å². The molecule has 4 saturated carbocycles. The van der Waals surface area contributed by atoms with Crippen LogP contribution in [0.4, 0.5) is 8.78 Å². The van der Waals surface area contributed by atoms with Crippen molar-refractivity contribution in [3.8, 4) is 5.75 Å². The number of rotatable bonds is 4. The normalized spacial score (nSPS) is 34.5. The number of carbonyl (C=O) groups is 1. The molecule has 27 heavy (non-hydrogen) atoms. The maximum absolute atomic E-state index is 14.8. The minimum Gasteiger partial charge on any atom is -0.489 e. The summed E-state index contributed by atoms with van der Waals surface area (Å²) in [5, 5.41) is 0. The number of aryl methyl sites for hydroxylation is 1. The van der Waals surface area contributed by atoms with E-state index in [9.17, 15) is 22.0 Å². The Bertz CT molecular complexity index is 885. The second-order valence-electron chi connectivity index (χ2n) is 8.50. The van der Waals surface area contributed by atoms with E-state index in [0.29, 0.717) is 36.5 Å². The zero-order valence-corrected chi connectivity index (χ0v) is 16.1. The molecule has 0 spiro atoms.